The summed E-state index contributed by atoms with van der Waals surface area (Å²) in [4.78, 5) is 11.0. The molecule has 0 fully saturated rings. The summed E-state index contributed by atoms with van der Waals surface area (Å²) < 4.78 is 5.32. The average Bonchev–Trinajstić information content (AvgIpc) is 2.75. The Labute approximate surface area is 94.0 Å². The molecule has 0 radical (unpaired) electrons. The Morgan fingerprint density at radius 1 is 1.50 bits per heavy atom. The van der Waals surface area contributed by atoms with Crippen molar-refractivity contribution in [3.05, 3.63) is 5.89 Å². The lowest BCUT2D eigenvalue weighted by Crippen LogP contribution is -2.26. The summed E-state index contributed by atoms with van der Waals surface area (Å²) in [5.74, 6) is 0.362. The normalized spacial score (nSPS) is 12.2. The summed E-state index contributed by atoms with van der Waals surface area (Å²) in [6, 6.07) is 0.261. The predicted molar refractivity (Wildman–Crippen MR) is 58.9 cm³/mol. The highest BCUT2D eigenvalue weighted by molar-refractivity contribution is 5.79. The van der Waals surface area contributed by atoms with Gasteiger partial charge in [-0.3, -0.25) is 4.79 Å². The van der Waals surface area contributed by atoms with Gasteiger partial charge in [0.1, 0.15) is 0 Å². The molecule has 1 aromatic heterocycles. The fourth-order valence-electron chi connectivity index (χ4n) is 1.12. The number of carbonyl (C=O) groups excluding carboxylic acids is 1. The third kappa shape index (κ3) is 3.50. The monoisotopic (exact) mass is 227 g/mol. The van der Waals surface area contributed by atoms with E-state index in [-0.39, 0.29) is 24.5 Å². The summed E-state index contributed by atoms with van der Waals surface area (Å²) in [7, 11) is 1.57. The average molecular weight is 227 g/mol. The van der Waals surface area contributed by atoms with Crippen molar-refractivity contribution in [2.75, 3.05) is 25.5 Å². The molecule has 0 saturated heterocycles. The van der Waals surface area contributed by atoms with Gasteiger partial charge in [-0.25, -0.2) is 0 Å². The molecule has 7 heteroatoms. The number of likely N-dealkylation sites (N-methyl/N-ethyl adjacent to an activating group) is 1. The number of rotatable bonds is 6. The molecule has 1 unspecified atom stereocenters. The molecular formula is C9H17N5O2. The summed E-state index contributed by atoms with van der Waals surface area (Å²) in [5, 5.41) is 16.0. The molecular weight excluding hydrogens is 210 g/mol. The number of nitrogens with one attached hydrogen (secondary N) is 3. The second-order valence-electron chi connectivity index (χ2n) is 3.25. The zero-order valence-electron chi connectivity index (χ0n) is 9.70. The van der Waals surface area contributed by atoms with Crippen LogP contribution in [0.25, 0.3) is 0 Å². The maximum Gasteiger partial charge on any atom is 0.315 e. The minimum absolute atomic E-state index is 0.00746. The van der Waals surface area contributed by atoms with E-state index in [0.29, 0.717) is 5.89 Å². The molecule has 1 aromatic rings. The molecule has 1 heterocycles. The highest BCUT2D eigenvalue weighted by atomic mass is 16.4. The number of aromatic nitrogens is 2. The molecule has 0 bridgehead atoms. The van der Waals surface area contributed by atoms with Crippen LogP contribution in [0.1, 0.15) is 25.8 Å². The van der Waals surface area contributed by atoms with Crippen molar-refractivity contribution >= 4 is 11.9 Å². The van der Waals surface area contributed by atoms with E-state index in [4.69, 9.17) is 4.42 Å². The Hall–Kier alpha value is -1.63. The van der Waals surface area contributed by atoms with Gasteiger partial charge in [-0.05, 0) is 13.5 Å². The zero-order chi connectivity index (χ0) is 12.0. The molecule has 0 aliphatic rings. The van der Waals surface area contributed by atoms with Crippen LogP contribution in [0.4, 0.5) is 6.01 Å². The lowest BCUT2D eigenvalue weighted by atomic mass is 10.3. The second-order valence-corrected chi connectivity index (χ2v) is 3.25. The third-order valence-electron chi connectivity index (χ3n) is 2.00. The van der Waals surface area contributed by atoms with E-state index in [1.54, 1.807) is 7.05 Å². The minimum Gasteiger partial charge on any atom is -0.406 e. The molecule has 0 aliphatic heterocycles. The summed E-state index contributed by atoms with van der Waals surface area (Å²) >= 11 is 0. The van der Waals surface area contributed by atoms with Gasteiger partial charge in [0.25, 0.3) is 0 Å². The van der Waals surface area contributed by atoms with Gasteiger partial charge in [-0.1, -0.05) is 12.0 Å². The van der Waals surface area contributed by atoms with Crippen LogP contribution in [0.2, 0.25) is 0 Å². The number of anilines is 1. The van der Waals surface area contributed by atoms with Crippen molar-refractivity contribution < 1.29 is 9.21 Å². The lowest BCUT2D eigenvalue weighted by Gasteiger charge is -2.05. The number of hydrogen-bond donors (Lipinski definition) is 3. The number of amides is 1. The summed E-state index contributed by atoms with van der Waals surface area (Å²) in [6.45, 7) is 4.87. The van der Waals surface area contributed by atoms with Gasteiger partial charge in [-0.2, -0.15) is 0 Å². The minimum atomic E-state index is -0.139. The first-order valence-corrected chi connectivity index (χ1v) is 5.18. The Bertz CT molecular complexity index is 338. The number of carbonyl (C=O) groups is 1. The van der Waals surface area contributed by atoms with Crippen LogP contribution in [0.5, 0.6) is 0 Å². The first kappa shape index (κ1) is 12.4. The van der Waals surface area contributed by atoms with Crippen LogP contribution in [0, 0.1) is 0 Å². The lowest BCUT2D eigenvalue weighted by molar-refractivity contribution is -0.118. The fourth-order valence-corrected chi connectivity index (χ4v) is 1.12. The molecule has 3 N–H and O–H groups in total. The molecule has 0 spiro atoms. The van der Waals surface area contributed by atoms with Crippen molar-refractivity contribution in [1.82, 2.24) is 20.8 Å². The van der Waals surface area contributed by atoms with E-state index >= 15 is 0 Å². The maximum atomic E-state index is 11.0. The Kier molecular flexibility index (Phi) is 4.71. The first-order valence-electron chi connectivity index (χ1n) is 5.18. The van der Waals surface area contributed by atoms with Crippen LogP contribution in [-0.4, -0.2) is 36.2 Å². The largest absolute Gasteiger partial charge is 0.406 e. The van der Waals surface area contributed by atoms with E-state index < -0.39 is 0 Å². The van der Waals surface area contributed by atoms with Gasteiger partial charge >= 0.3 is 6.01 Å². The van der Waals surface area contributed by atoms with Crippen LogP contribution in [0.15, 0.2) is 4.42 Å². The molecule has 0 aliphatic carbocycles. The highest BCUT2D eigenvalue weighted by Crippen LogP contribution is 2.12. The van der Waals surface area contributed by atoms with Crippen LogP contribution in [-0.2, 0) is 4.79 Å². The molecule has 7 nitrogen and oxygen atoms in total. The standard InChI is InChI=1S/C9H17N5O2/c1-4-11-6(2)8-13-14-9(16-8)12-5-7(15)10-3/h6,11H,4-5H2,1-3H3,(H,10,15)(H,12,14). The van der Waals surface area contributed by atoms with Crippen molar-refractivity contribution in [3.8, 4) is 0 Å². The van der Waals surface area contributed by atoms with Crippen LogP contribution < -0.4 is 16.0 Å². The van der Waals surface area contributed by atoms with Gasteiger partial charge in [0.15, 0.2) is 0 Å². The molecule has 1 atom stereocenters. The number of nitrogens with zero attached hydrogens (tertiary/aromatic N) is 2. The van der Waals surface area contributed by atoms with E-state index in [0.717, 1.165) is 6.54 Å². The first-order chi connectivity index (χ1) is 7.67. The van der Waals surface area contributed by atoms with Crippen molar-refractivity contribution in [1.29, 1.82) is 0 Å². The van der Waals surface area contributed by atoms with E-state index in [1.807, 2.05) is 13.8 Å². The Balaban J connectivity index is 2.48. The third-order valence-corrected chi connectivity index (χ3v) is 2.00. The van der Waals surface area contributed by atoms with Gasteiger partial charge < -0.3 is 20.4 Å². The van der Waals surface area contributed by atoms with Crippen molar-refractivity contribution in [2.24, 2.45) is 0 Å². The molecule has 1 amide bonds. The van der Waals surface area contributed by atoms with Gasteiger partial charge in [0, 0.05) is 7.05 Å². The highest BCUT2D eigenvalue weighted by Gasteiger charge is 2.12. The summed E-state index contributed by atoms with van der Waals surface area (Å²) in [6.07, 6.45) is 0. The van der Waals surface area contributed by atoms with Crippen LogP contribution >= 0.6 is 0 Å². The van der Waals surface area contributed by atoms with Gasteiger partial charge in [0.05, 0.1) is 12.6 Å². The Morgan fingerprint density at radius 3 is 2.88 bits per heavy atom. The molecule has 16 heavy (non-hydrogen) atoms. The predicted octanol–water partition coefficient (Wildman–Crippen LogP) is -0.102. The Morgan fingerprint density at radius 2 is 2.25 bits per heavy atom. The smallest absolute Gasteiger partial charge is 0.315 e. The van der Waals surface area contributed by atoms with E-state index in [9.17, 15) is 4.79 Å². The van der Waals surface area contributed by atoms with Gasteiger partial charge in [-0.15, -0.1) is 5.10 Å². The van der Waals surface area contributed by atoms with Crippen molar-refractivity contribution in [3.63, 3.8) is 0 Å². The molecule has 90 valence electrons. The maximum absolute atomic E-state index is 11.0. The molecule has 0 aromatic carbocycles. The SMILES string of the molecule is CCNC(C)c1nnc(NCC(=O)NC)o1. The second kappa shape index (κ2) is 6.06. The topological polar surface area (TPSA) is 92.1 Å². The molecule has 1 rings (SSSR count). The van der Waals surface area contributed by atoms with E-state index in [2.05, 4.69) is 26.1 Å². The fraction of sp³-hybridized carbons (Fsp3) is 0.667. The summed E-state index contributed by atoms with van der Waals surface area (Å²) in [5.41, 5.74) is 0. The quantitative estimate of drug-likeness (QED) is 0.628. The number of hydrogen-bond acceptors (Lipinski definition) is 6. The zero-order valence-corrected chi connectivity index (χ0v) is 9.70. The molecule has 0 saturated carbocycles. The van der Waals surface area contributed by atoms with E-state index in [1.165, 1.54) is 0 Å². The van der Waals surface area contributed by atoms with Crippen LogP contribution in [0.3, 0.4) is 0 Å². The van der Waals surface area contributed by atoms with Crippen molar-refractivity contribution in [2.45, 2.75) is 19.9 Å². The van der Waals surface area contributed by atoms with Gasteiger partial charge in [0.2, 0.25) is 11.8 Å².